The normalized spacial score (nSPS) is 21.8. The minimum atomic E-state index is -4.67. The highest BCUT2D eigenvalue weighted by molar-refractivity contribution is 5.85. The number of amides is 2. The zero-order valence-corrected chi connectivity index (χ0v) is 17.9. The second-order valence-electron chi connectivity index (χ2n) is 8.78. The van der Waals surface area contributed by atoms with Crippen molar-refractivity contribution in [2.24, 2.45) is 5.41 Å². The van der Waals surface area contributed by atoms with Crippen LogP contribution in [0.15, 0.2) is 48.7 Å². The van der Waals surface area contributed by atoms with Gasteiger partial charge in [0.2, 0.25) is 11.8 Å². The number of piperidine rings is 2. The second-order valence-corrected chi connectivity index (χ2v) is 8.78. The summed E-state index contributed by atoms with van der Waals surface area (Å²) < 4.78 is 41.5. The van der Waals surface area contributed by atoms with Crippen LogP contribution >= 0.6 is 0 Å². The van der Waals surface area contributed by atoms with Gasteiger partial charge in [-0.3, -0.25) is 14.6 Å². The summed E-state index contributed by atoms with van der Waals surface area (Å²) in [6.07, 6.45) is -1.70. The van der Waals surface area contributed by atoms with Gasteiger partial charge in [0, 0.05) is 43.9 Å². The third-order valence-corrected chi connectivity index (χ3v) is 6.96. The number of halogens is 3. The lowest BCUT2D eigenvalue weighted by molar-refractivity contribution is -0.173. The molecule has 1 unspecified atom stereocenters. The zero-order valence-electron chi connectivity index (χ0n) is 17.9. The summed E-state index contributed by atoms with van der Waals surface area (Å²) in [4.78, 5) is 31.0. The molecule has 0 saturated carbocycles. The monoisotopic (exact) mass is 445 g/mol. The van der Waals surface area contributed by atoms with Gasteiger partial charge in [-0.2, -0.15) is 13.2 Å². The van der Waals surface area contributed by atoms with Crippen molar-refractivity contribution in [3.05, 3.63) is 65.5 Å². The summed E-state index contributed by atoms with van der Waals surface area (Å²) in [5, 5.41) is 2.93. The molecule has 3 heterocycles. The summed E-state index contributed by atoms with van der Waals surface area (Å²) in [7, 11) is 0. The largest absolute Gasteiger partial charge is 0.404 e. The number of alkyl halides is 3. The summed E-state index contributed by atoms with van der Waals surface area (Å²) in [5.74, 6) is -3.14. The molecule has 1 N–H and O–H groups in total. The van der Waals surface area contributed by atoms with E-state index < -0.39 is 23.4 Å². The topological polar surface area (TPSA) is 62.3 Å². The summed E-state index contributed by atoms with van der Waals surface area (Å²) in [6.45, 7) is 2.78. The molecule has 0 bridgehead atoms. The molecule has 1 aromatic carbocycles. The quantitative estimate of drug-likeness (QED) is 0.778. The smallest absolute Gasteiger partial charge is 0.355 e. The third-order valence-electron chi connectivity index (χ3n) is 6.96. The average molecular weight is 445 g/mol. The van der Waals surface area contributed by atoms with Crippen LogP contribution in [0.25, 0.3) is 0 Å². The Balaban J connectivity index is 1.57. The number of carbonyl (C=O) groups is 2. The van der Waals surface area contributed by atoms with Crippen molar-refractivity contribution >= 4 is 11.8 Å². The maximum absolute atomic E-state index is 13.8. The predicted octanol–water partition coefficient (Wildman–Crippen LogP) is 3.95. The average Bonchev–Trinajstić information content (AvgIpc) is 2.75. The van der Waals surface area contributed by atoms with Crippen LogP contribution in [0.5, 0.6) is 0 Å². The Morgan fingerprint density at radius 1 is 1.16 bits per heavy atom. The molecule has 32 heavy (non-hydrogen) atoms. The number of nitrogens with one attached hydrogen (secondary N) is 1. The van der Waals surface area contributed by atoms with Crippen LogP contribution in [0.3, 0.4) is 0 Å². The first-order valence-corrected chi connectivity index (χ1v) is 10.8. The first-order valence-electron chi connectivity index (χ1n) is 10.8. The van der Waals surface area contributed by atoms with Crippen molar-refractivity contribution in [2.45, 2.75) is 44.2 Å². The molecule has 2 amide bonds. The zero-order chi connectivity index (χ0) is 22.9. The number of aryl methyl sites for hydroxylation is 1. The van der Waals surface area contributed by atoms with Gasteiger partial charge in [0.1, 0.15) is 0 Å². The van der Waals surface area contributed by atoms with Crippen molar-refractivity contribution in [1.82, 2.24) is 15.2 Å². The molecule has 2 saturated heterocycles. The van der Waals surface area contributed by atoms with Gasteiger partial charge in [0.25, 0.3) is 0 Å². The number of likely N-dealkylation sites (tertiary alicyclic amines) is 1. The second kappa shape index (κ2) is 8.56. The number of rotatable bonds is 3. The first-order chi connectivity index (χ1) is 15.2. The van der Waals surface area contributed by atoms with Gasteiger partial charge in [-0.1, -0.05) is 36.4 Å². The number of hydrogen-bond acceptors (Lipinski definition) is 3. The molecule has 2 aliphatic rings. The molecular weight excluding hydrogens is 419 g/mol. The number of aromatic nitrogens is 1. The standard InChI is InChI=1S/C24H26F3N3O2/c1-16-18(8-5-11-28-16)19-15-29-20(31)14-23(19)9-12-30(13-10-23)22(32)21(24(25,26)27)17-6-3-2-4-7-17/h2-8,11,19,21H,9-10,12-15H2,1H3,(H,29,31)/t19?,21-/m0/s1. The van der Waals surface area contributed by atoms with E-state index in [1.807, 2.05) is 19.1 Å². The molecule has 0 radical (unpaired) electrons. The fourth-order valence-corrected chi connectivity index (χ4v) is 5.24. The minimum Gasteiger partial charge on any atom is -0.355 e. The van der Waals surface area contributed by atoms with Gasteiger partial charge in [-0.05, 0) is 42.4 Å². The molecule has 2 fully saturated rings. The Labute approximate surface area is 185 Å². The fraction of sp³-hybridized carbons (Fsp3) is 0.458. The predicted molar refractivity (Wildman–Crippen MR) is 113 cm³/mol. The van der Waals surface area contributed by atoms with Crippen molar-refractivity contribution in [3.8, 4) is 0 Å². The summed E-state index contributed by atoms with van der Waals surface area (Å²) in [6, 6.07) is 11.2. The van der Waals surface area contributed by atoms with Crippen molar-refractivity contribution < 1.29 is 22.8 Å². The van der Waals surface area contributed by atoms with E-state index in [1.165, 1.54) is 29.2 Å². The van der Waals surface area contributed by atoms with Gasteiger partial charge < -0.3 is 10.2 Å². The Bertz CT molecular complexity index is 985. The highest BCUT2D eigenvalue weighted by Crippen LogP contribution is 2.50. The van der Waals surface area contributed by atoms with E-state index in [0.29, 0.717) is 25.8 Å². The van der Waals surface area contributed by atoms with Crippen molar-refractivity contribution in [3.63, 3.8) is 0 Å². The van der Waals surface area contributed by atoms with Gasteiger partial charge in [0.15, 0.2) is 5.92 Å². The maximum Gasteiger partial charge on any atom is 0.404 e. The van der Waals surface area contributed by atoms with E-state index in [0.717, 1.165) is 11.3 Å². The lowest BCUT2D eigenvalue weighted by atomic mass is 9.62. The Morgan fingerprint density at radius 3 is 2.47 bits per heavy atom. The Kier molecular flexibility index (Phi) is 5.97. The molecular formula is C24H26F3N3O2. The number of hydrogen-bond donors (Lipinski definition) is 1. The van der Waals surface area contributed by atoms with E-state index in [-0.39, 0.29) is 30.5 Å². The number of benzene rings is 1. The van der Waals surface area contributed by atoms with Crippen LogP contribution in [0.4, 0.5) is 13.2 Å². The maximum atomic E-state index is 13.8. The first kappa shape index (κ1) is 22.3. The highest BCUT2D eigenvalue weighted by Gasteiger charge is 2.51. The Morgan fingerprint density at radius 2 is 1.84 bits per heavy atom. The van der Waals surface area contributed by atoms with Gasteiger partial charge in [-0.15, -0.1) is 0 Å². The molecule has 8 heteroatoms. The van der Waals surface area contributed by atoms with Gasteiger partial charge in [-0.25, -0.2) is 0 Å². The van der Waals surface area contributed by atoms with Crippen molar-refractivity contribution in [2.75, 3.05) is 19.6 Å². The fourth-order valence-electron chi connectivity index (χ4n) is 5.24. The minimum absolute atomic E-state index is 0.0127. The third kappa shape index (κ3) is 4.23. The number of nitrogens with zero attached hydrogens (tertiary/aromatic N) is 2. The summed E-state index contributed by atoms with van der Waals surface area (Å²) in [5.41, 5.74) is 1.48. The Hall–Kier alpha value is -2.90. The van der Waals surface area contributed by atoms with Crippen LogP contribution in [0.1, 0.15) is 47.9 Å². The van der Waals surface area contributed by atoms with Gasteiger partial charge in [0.05, 0.1) is 0 Å². The lowest BCUT2D eigenvalue weighted by Gasteiger charge is -2.49. The molecule has 4 rings (SSSR count). The van der Waals surface area contributed by atoms with Crippen molar-refractivity contribution in [1.29, 1.82) is 0 Å². The lowest BCUT2D eigenvalue weighted by Crippen LogP contribution is -2.54. The molecule has 1 aromatic heterocycles. The van der Waals surface area contributed by atoms with Crippen LogP contribution in [-0.2, 0) is 9.59 Å². The van der Waals surface area contributed by atoms with E-state index in [1.54, 1.807) is 12.3 Å². The van der Waals surface area contributed by atoms with E-state index >= 15 is 0 Å². The molecule has 0 aliphatic carbocycles. The van der Waals surface area contributed by atoms with Crippen LogP contribution in [0, 0.1) is 12.3 Å². The van der Waals surface area contributed by atoms with Crippen LogP contribution in [-0.4, -0.2) is 47.5 Å². The molecule has 170 valence electrons. The van der Waals surface area contributed by atoms with Crippen LogP contribution in [0.2, 0.25) is 0 Å². The van der Waals surface area contributed by atoms with Gasteiger partial charge >= 0.3 is 6.18 Å². The number of carbonyl (C=O) groups excluding carboxylic acids is 2. The molecule has 2 aromatic rings. The van der Waals surface area contributed by atoms with Crippen LogP contribution < -0.4 is 5.32 Å². The van der Waals surface area contributed by atoms with E-state index in [4.69, 9.17) is 0 Å². The highest BCUT2D eigenvalue weighted by atomic mass is 19.4. The molecule has 1 spiro atoms. The number of pyridine rings is 1. The molecule has 5 nitrogen and oxygen atoms in total. The van der Waals surface area contributed by atoms with E-state index in [2.05, 4.69) is 10.3 Å². The SMILES string of the molecule is Cc1ncccc1C1CNC(=O)CC12CCN(C(=O)[C@H](c1ccccc1)C(F)(F)F)CC2. The molecule has 2 atom stereocenters. The van der Waals surface area contributed by atoms with E-state index in [9.17, 15) is 22.8 Å². The summed E-state index contributed by atoms with van der Waals surface area (Å²) >= 11 is 0. The molecule has 2 aliphatic heterocycles.